The minimum Gasteiger partial charge on any atom is -0.464 e. The summed E-state index contributed by atoms with van der Waals surface area (Å²) in [6.07, 6.45) is 0. The third-order valence-corrected chi connectivity index (χ3v) is 2.97. The highest BCUT2D eigenvalue weighted by molar-refractivity contribution is 7.13. The first-order valence-corrected chi connectivity index (χ1v) is 5.49. The van der Waals surface area contributed by atoms with Gasteiger partial charge >= 0.3 is 5.97 Å². The number of pyridine rings is 1. The molecule has 0 radical (unpaired) electrons. The van der Waals surface area contributed by atoms with Crippen molar-refractivity contribution in [2.45, 2.75) is 0 Å². The van der Waals surface area contributed by atoms with Crippen LogP contribution in [-0.4, -0.2) is 18.1 Å². The highest BCUT2D eigenvalue weighted by Gasteiger charge is 2.13. The first-order valence-electron chi connectivity index (χ1n) is 4.61. The summed E-state index contributed by atoms with van der Waals surface area (Å²) in [5.74, 6) is -0.518. The second-order valence-corrected chi connectivity index (χ2v) is 4.05. The Labute approximate surface area is 96.7 Å². The van der Waals surface area contributed by atoms with Gasteiger partial charge in [0.15, 0.2) is 5.69 Å². The van der Waals surface area contributed by atoms with Crippen LogP contribution in [0.2, 0.25) is 0 Å². The minimum atomic E-state index is -0.518. The first kappa shape index (κ1) is 10.6. The van der Waals surface area contributed by atoms with E-state index in [0.29, 0.717) is 5.69 Å². The molecule has 4 nitrogen and oxygen atoms in total. The van der Waals surface area contributed by atoms with E-state index in [1.165, 1.54) is 7.11 Å². The molecule has 0 aliphatic rings. The predicted molar refractivity (Wildman–Crippen MR) is 63.3 cm³/mol. The van der Waals surface area contributed by atoms with E-state index < -0.39 is 5.97 Å². The number of nitrogen functional groups attached to an aromatic ring is 1. The summed E-state index contributed by atoms with van der Waals surface area (Å²) in [6.45, 7) is 0. The van der Waals surface area contributed by atoms with E-state index in [0.717, 1.165) is 10.6 Å². The molecule has 2 aromatic rings. The number of carbonyl (C=O) groups excluding carboxylic acids is 1. The molecular formula is C11H10N2O2S. The molecule has 82 valence electrons. The molecule has 0 unspecified atom stereocenters. The molecular weight excluding hydrogens is 224 g/mol. The van der Waals surface area contributed by atoms with E-state index >= 15 is 0 Å². The second-order valence-electron chi connectivity index (χ2n) is 3.10. The zero-order valence-corrected chi connectivity index (χ0v) is 9.45. The van der Waals surface area contributed by atoms with Crippen LogP contribution in [0.1, 0.15) is 10.5 Å². The van der Waals surface area contributed by atoms with Crippen molar-refractivity contribution in [1.82, 2.24) is 4.98 Å². The van der Waals surface area contributed by atoms with Crippen LogP contribution in [-0.2, 0) is 4.74 Å². The molecule has 2 aromatic heterocycles. The summed E-state index contributed by atoms with van der Waals surface area (Å²) in [6, 6.07) is 7.31. The monoisotopic (exact) mass is 234 g/mol. The molecule has 0 bridgehead atoms. The van der Waals surface area contributed by atoms with Crippen molar-refractivity contribution in [3.8, 4) is 10.6 Å². The van der Waals surface area contributed by atoms with Gasteiger partial charge in [-0.3, -0.25) is 0 Å². The van der Waals surface area contributed by atoms with Crippen molar-refractivity contribution in [1.29, 1.82) is 0 Å². The fourth-order valence-electron chi connectivity index (χ4n) is 1.29. The summed E-state index contributed by atoms with van der Waals surface area (Å²) in [4.78, 5) is 16.6. The number of nitrogens with zero attached hydrogens (tertiary/aromatic N) is 1. The van der Waals surface area contributed by atoms with Gasteiger partial charge in [0.05, 0.1) is 23.4 Å². The van der Waals surface area contributed by atoms with Crippen molar-refractivity contribution in [2.75, 3.05) is 12.8 Å². The Morgan fingerprint density at radius 1 is 1.44 bits per heavy atom. The summed E-state index contributed by atoms with van der Waals surface area (Å²) in [7, 11) is 1.31. The highest BCUT2D eigenvalue weighted by Crippen LogP contribution is 2.24. The number of methoxy groups -OCH3 is 1. The predicted octanol–water partition coefficient (Wildman–Crippen LogP) is 2.18. The minimum absolute atomic E-state index is 0.161. The van der Waals surface area contributed by atoms with E-state index in [2.05, 4.69) is 9.72 Å². The molecule has 16 heavy (non-hydrogen) atoms. The van der Waals surface area contributed by atoms with Crippen molar-refractivity contribution < 1.29 is 9.53 Å². The van der Waals surface area contributed by atoms with Crippen LogP contribution in [0.25, 0.3) is 10.6 Å². The molecule has 0 aliphatic carbocycles. The fraction of sp³-hybridized carbons (Fsp3) is 0.0909. The fourth-order valence-corrected chi connectivity index (χ4v) is 1.99. The Hall–Kier alpha value is -1.88. The summed E-state index contributed by atoms with van der Waals surface area (Å²) in [5.41, 5.74) is 6.87. The van der Waals surface area contributed by atoms with Gasteiger partial charge in [-0.1, -0.05) is 6.07 Å². The maximum absolute atomic E-state index is 11.4. The lowest BCUT2D eigenvalue weighted by atomic mass is 10.2. The lowest BCUT2D eigenvalue weighted by Gasteiger charge is -2.04. The molecule has 2 heterocycles. The number of nitrogens with two attached hydrogens (primary N) is 1. The lowest BCUT2D eigenvalue weighted by molar-refractivity contribution is 0.0595. The average Bonchev–Trinajstić information content (AvgIpc) is 2.82. The van der Waals surface area contributed by atoms with E-state index in [1.54, 1.807) is 23.5 Å². The van der Waals surface area contributed by atoms with Gasteiger partial charge in [-0.25, -0.2) is 9.78 Å². The van der Waals surface area contributed by atoms with Crippen molar-refractivity contribution >= 4 is 23.0 Å². The first-order chi connectivity index (χ1) is 7.72. The number of esters is 1. The Morgan fingerprint density at radius 2 is 2.25 bits per heavy atom. The van der Waals surface area contributed by atoms with Crippen LogP contribution in [0.3, 0.4) is 0 Å². The van der Waals surface area contributed by atoms with Gasteiger partial charge in [0.25, 0.3) is 0 Å². The van der Waals surface area contributed by atoms with Gasteiger partial charge in [0, 0.05) is 0 Å². The van der Waals surface area contributed by atoms with Crippen LogP contribution in [0.15, 0.2) is 29.6 Å². The van der Waals surface area contributed by atoms with Crippen molar-refractivity contribution in [2.24, 2.45) is 0 Å². The maximum Gasteiger partial charge on any atom is 0.358 e. The number of hydrogen-bond acceptors (Lipinski definition) is 5. The molecule has 0 saturated carbocycles. The number of ether oxygens (including phenoxy) is 1. The summed E-state index contributed by atoms with van der Waals surface area (Å²) in [5, 5.41) is 1.95. The Balaban J connectivity index is 2.47. The molecule has 0 aliphatic heterocycles. The van der Waals surface area contributed by atoms with Crippen molar-refractivity contribution in [3.05, 3.63) is 35.3 Å². The number of aromatic nitrogens is 1. The van der Waals surface area contributed by atoms with Gasteiger partial charge in [0.2, 0.25) is 0 Å². The molecule has 5 heteroatoms. The van der Waals surface area contributed by atoms with Gasteiger partial charge in [-0.15, -0.1) is 11.3 Å². The van der Waals surface area contributed by atoms with Crippen LogP contribution >= 0.6 is 11.3 Å². The third kappa shape index (κ3) is 1.90. The molecule has 0 saturated heterocycles. The van der Waals surface area contributed by atoms with Gasteiger partial charge in [0.1, 0.15) is 0 Å². The van der Waals surface area contributed by atoms with Crippen molar-refractivity contribution in [3.63, 3.8) is 0 Å². The molecule has 2 rings (SSSR count). The molecule has 0 aromatic carbocycles. The molecule has 0 amide bonds. The van der Waals surface area contributed by atoms with Crippen LogP contribution < -0.4 is 5.73 Å². The van der Waals surface area contributed by atoms with Gasteiger partial charge in [-0.05, 0) is 23.6 Å². The van der Waals surface area contributed by atoms with E-state index in [1.807, 2.05) is 17.5 Å². The topological polar surface area (TPSA) is 65.2 Å². The van der Waals surface area contributed by atoms with Crippen LogP contribution in [0.4, 0.5) is 5.69 Å². The summed E-state index contributed by atoms with van der Waals surface area (Å²) < 4.78 is 4.61. The number of hydrogen-bond donors (Lipinski definition) is 1. The maximum atomic E-state index is 11.4. The zero-order valence-electron chi connectivity index (χ0n) is 8.64. The number of carbonyl (C=O) groups is 1. The molecule has 0 atom stereocenters. The van der Waals surface area contributed by atoms with E-state index in [9.17, 15) is 4.79 Å². The largest absolute Gasteiger partial charge is 0.464 e. The Bertz CT molecular complexity index is 509. The molecule has 2 N–H and O–H groups in total. The quantitative estimate of drug-likeness (QED) is 0.809. The highest BCUT2D eigenvalue weighted by atomic mass is 32.1. The normalized spacial score (nSPS) is 10.1. The smallest absolute Gasteiger partial charge is 0.358 e. The average molecular weight is 234 g/mol. The van der Waals surface area contributed by atoms with Gasteiger partial charge in [-0.2, -0.15) is 0 Å². The molecule has 0 fully saturated rings. The number of thiophene rings is 1. The number of anilines is 1. The van der Waals surface area contributed by atoms with Gasteiger partial charge < -0.3 is 10.5 Å². The number of rotatable bonds is 2. The van der Waals surface area contributed by atoms with Crippen LogP contribution in [0.5, 0.6) is 0 Å². The SMILES string of the molecule is COC(=O)c1nc(-c2cccs2)ccc1N. The van der Waals surface area contributed by atoms with Crippen LogP contribution in [0, 0.1) is 0 Å². The standard InChI is InChI=1S/C11H10N2O2S/c1-15-11(14)10-7(12)4-5-8(13-10)9-3-2-6-16-9/h2-6H,12H2,1H3. The zero-order chi connectivity index (χ0) is 11.5. The Kier molecular flexibility index (Phi) is 2.87. The summed E-state index contributed by atoms with van der Waals surface area (Å²) >= 11 is 1.55. The molecule has 0 spiro atoms. The second kappa shape index (κ2) is 4.32. The van der Waals surface area contributed by atoms with E-state index in [-0.39, 0.29) is 5.69 Å². The van der Waals surface area contributed by atoms with E-state index in [4.69, 9.17) is 5.73 Å². The lowest BCUT2D eigenvalue weighted by Crippen LogP contribution is -2.08. The third-order valence-electron chi connectivity index (χ3n) is 2.08. The Morgan fingerprint density at radius 3 is 2.88 bits per heavy atom.